The van der Waals surface area contributed by atoms with Gasteiger partial charge in [0.05, 0.1) is 0 Å². The van der Waals surface area contributed by atoms with E-state index in [1.165, 1.54) is 11.3 Å². The molecule has 1 aromatic carbocycles. The van der Waals surface area contributed by atoms with Crippen LogP contribution in [-0.2, 0) is 11.3 Å². The normalized spacial score (nSPS) is 13.1. The predicted octanol–water partition coefficient (Wildman–Crippen LogP) is -0.164. The second-order valence-corrected chi connectivity index (χ2v) is 5.98. The number of hydrogen-bond donors (Lipinski definition) is 0. The molecule has 0 unspecified atom stereocenters. The molecule has 1 aliphatic rings. The van der Waals surface area contributed by atoms with Gasteiger partial charge in [-0.3, -0.25) is 0 Å². The van der Waals surface area contributed by atoms with Gasteiger partial charge in [-0.2, -0.15) is 4.90 Å². The van der Waals surface area contributed by atoms with E-state index in [1.54, 1.807) is 18.3 Å². The Labute approximate surface area is 134 Å². The number of benzene rings is 1. The van der Waals surface area contributed by atoms with Crippen molar-refractivity contribution >= 4 is 38.3 Å². The summed E-state index contributed by atoms with van der Waals surface area (Å²) in [5, 5.41) is 3.16. The smallest absolute Gasteiger partial charge is 0.344 e. The number of carbonyl (C=O) groups is 1. The van der Waals surface area contributed by atoms with Crippen LogP contribution >= 0.6 is 27.3 Å². The molecule has 1 aromatic heterocycles. The molecule has 100 valence electrons. The number of aromatic nitrogens is 1. The van der Waals surface area contributed by atoms with E-state index in [2.05, 4.69) is 38.0 Å². The van der Waals surface area contributed by atoms with Crippen LogP contribution in [0.15, 0.2) is 34.1 Å². The minimum Gasteiger partial charge on any atom is -1.00 e. The van der Waals surface area contributed by atoms with Gasteiger partial charge in [0.1, 0.15) is 18.8 Å². The van der Waals surface area contributed by atoms with Gasteiger partial charge in [0, 0.05) is 22.3 Å². The quantitative estimate of drug-likeness (QED) is 0.607. The number of anilines is 1. The summed E-state index contributed by atoms with van der Waals surface area (Å²) in [5.41, 5.74) is 2.37. The van der Waals surface area contributed by atoms with E-state index in [0.717, 1.165) is 22.7 Å². The Kier molecular flexibility index (Phi) is 4.43. The van der Waals surface area contributed by atoms with Crippen molar-refractivity contribution in [1.29, 1.82) is 0 Å². The first-order valence-corrected chi connectivity index (χ1v) is 7.39. The first kappa shape index (κ1) is 14.7. The molecule has 2 aromatic rings. The highest BCUT2D eigenvalue weighted by Gasteiger charge is 2.35. The number of rotatable bonds is 1. The largest absolute Gasteiger partial charge is 1.00 e. The van der Waals surface area contributed by atoms with Crippen molar-refractivity contribution in [2.75, 3.05) is 11.4 Å². The average molecular weight is 404 g/mol. The van der Waals surface area contributed by atoms with Gasteiger partial charge in [0.25, 0.3) is 0 Å². The van der Waals surface area contributed by atoms with E-state index in [1.807, 2.05) is 17.0 Å². The van der Waals surface area contributed by atoms with Crippen LogP contribution in [0, 0.1) is 0 Å². The van der Waals surface area contributed by atoms with Gasteiger partial charge in [0.2, 0.25) is 0 Å². The predicted molar refractivity (Wildman–Crippen MR) is 75.7 cm³/mol. The van der Waals surface area contributed by atoms with Crippen molar-refractivity contribution in [3.63, 3.8) is 0 Å². The van der Waals surface area contributed by atoms with Gasteiger partial charge < -0.3 is 17.0 Å². The summed E-state index contributed by atoms with van der Waals surface area (Å²) in [6.45, 7) is 3.28. The Bertz CT molecular complexity index is 610. The molecule has 2 heterocycles. The summed E-state index contributed by atoms with van der Waals surface area (Å²) in [6.07, 6.45) is 0. The number of nitrogens with zero attached hydrogens (tertiary/aromatic N) is 2. The van der Waals surface area contributed by atoms with Crippen LogP contribution < -0.4 is 26.4 Å². The van der Waals surface area contributed by atoms with E-state index in [4.69, 9.17) is 0 Å². The molecule has 0 saturated heterocycles. The van der Waals surface area contributed by atoms with Crippen LogP contribution in [0.1, 0.15) is 6.92 Å². The monoisotopic (exact) mass is 402 g/mol. The van der Waals surface area contributed by atoms with Crippen LogP contribution in [0.25, 0.3) is 11.3 Å². The highest BCUT2D eigenvalue weighted by molar-refractivity contribution is 9.10. The lowest BCUT2D eigenvalue weighted by atomic mass is 10.2. The second-order valence-electron chi connectivity index (χ2n) is 4.23. The van der Waals surface area contributed by atoms with E-state index in [0.29, 0.717) is 0 Å². The number of amides is 1. The molecule has 0 aliphatic carbocycles. The van der Waals surface area contributed by atoms with Crippen molar-refractivity contribution in [2.45, 2.75) is 13.5 Å². The van der Waals surface area contributed by atoms with Gasteiger partial charge in [-0.25, -0.2) is 9.36 Å². The van der Waals surface area contributed by atoms with Crippen LogP contribution in [0.3, 0.4) is 0 Å². The average Bonchev–Trinajstić information content (AvgIpc) is 2.90. The first-order chi connectivity index (χ1) is 8.66. The van der Waals surface area contributed by atoms with Crippen molar-refractivity contribution < 1.29 is 26.3 Å². The number of fused-ring (bicyclic) bond motifs is 1. The summed E-state index contributed by atoms with van der Waals surface area (Å²) in [6, 6.07) is 8.26. The van der Waals surface area contributed by atoms with Gasteiger partial charge in [-0.1, -0.05) is 27.3 Å². The SMILES string of the molecule is CC(=O)N1CC[n+]2c(-c3ccc(Br)cc3)csc21.[Br-]. The third kappa shape index (κ3) is 2.61. The molecular weight excluding hydrogens is 392 g/mol. The van der Waals surface area contributed by atoms with Crippen LogP contribution in [0.5, 0.6) is 0 Å². The van der Waals surface area contributed by atoms with Crippen LogP contribution in [0.4, 0.5) is 5.13 Å². The van der Waals surface area contributed by atoms with Gasteiger partial charge >= 0.3 is 11.0 Å². The maximum Gasteiger partial charge on any atom is 0.344 e. The van der Waals surface area contributed by atoms with Crippen molar-refractivity contribution in [3.8, 4) is 11.3 Å². The van der Waals surface area contributed by atoms with Crippen LogP contribution in [-0.4, -0.2) is 12.5 Å². The Balaban J connectivity index is 0.00000133. The lowest BCUT2D eigenvalue weighted by Gasteiger charge is -2.00. The Hall–Kier alpha value is -0.720. The highest BCUT2D eigenvalue weighted by atomic mass is 79.9. The fourth-order valence-electron chi connectivity index (χ4n) is 2.20. The van der Waals surface area contributed by atoms with Crippen molar-refractivity contribution in [2.24, 2.45) is 0 Å². The molecule has 0 fully saturated rings. The molecule has 1 amide bonds. The summed E-state index contributed by atoms with van der Waals surface area (Å²) >= 11 is 5.07. The highest BCUT2D eigenvalue weighted by Crippen LogP contribution is 2.29. The molecule has 1 aliphatic heterocycles. The summed E-state index contributed by atoms with van der Waals surface area (Å²) in [4.78, 5) is 13.4. The van der Waals surface area contributed by atoms with Crippen LogP contribution in [0.2, 0.25) is 0 Å². The zero-order valence-corrected chi connectivity index (χ0v) is 14.3. The Morgan fingerprint density at radius 1 is 1.37 bits per heavy atom. The molecule has 3 rings (SSSR count). The van der Waals surface area contributed by atoms with Crippen molar-refractivity contribution in [3.05, 3.63) is 34.1 Å². The topological polar surface area (TPSA) is 24.2 Å². The minimum atomic E-state index is 0. The van der Waals surface area contributed by atoms with Gasteiger partial charge in [0.15, 0.2) is 0 Å². The van der Waals surface area contributed by atoms with E-state index < -0.39 is 0 Å². The molecule has 0 N–H and O–H groups in total. The molecular formula is C13H12Br2N2OS. The molecule has 0 atom stereocenters. The molecule has 0 spiro atoms. The molecule has 3 nitrogen and oxygen atoms in total. The maximum atomic E-state index is 11.5. The summed E-state index contributed by atoms with van der Waals surface area (Å²) in [7, 11) is 0. The van der Waals surface area contributed by atoms with E-state index >= 15 is 0 Å². The standard InChI is InChI=1S/C13H12BrN2OS.BrH/c1-9(17)15-6-7-16-12(8-18-13(15)16)10-2-4-11(14)5-3-10;/h2-5,8H,6-7H2,1H3;1H/q+1;/p-1. The number of thiazole rings is 1. The van der Waals surface area contributed by atoms with E-state index in [9.17, 15) is 4.79 Å². The first-order valence-electron chi connectivity index (χ1n) is 5.72. The lowest BCUT2D eigenvalue weighted by Crippen LogP contribution is -3.00. The zero-order chi connectivity index (χ0) is 12.7. The molecule has 0 radical (unpaired) electrons. The van der Waals surface area contributed by atoms with E-state index in [-0.39, 0.29) is 22.9 Å². The molecule has 0 saturated carbocycles. The molecule has 0 bridgehead atoms. The Morgan fingerprint density at radius 2 is 2.05 bits per heavy atom. The third-order valence-electron chi connectivity index (χ3n) is 3.10. The fourth-order valence-corrected chi connectivity index (χ4v) is 3.61. The zero-order valence-electron chi connectivity index (χ0n) is 10.3. The maximum absolute atomic E-state index is 11.5. The van der Waals surface area contributed by atoms with Gasteiger partial charge in [-0.05, 0) is 24.3 Å². The third-order valence-corrected chi connectivity index (χ3v) is 4.62. The lowest BCUT2D eigenvalue weighted by molar-refractivity contribution is -0.655. The van der Waals surface area contributed by atoms with Gasteiger partial charge in [-0.15, -0.1) is 0 Å². The number of hydrogen-bond acceptors (Lipinski definition) is 2. The minimum absolute atomic E-state index is 0. The molecule has 19 heavy (non-hydrogen) atoms. The summed E-state index contributed by atoms with van der Waals surface area (Å²) in [5.74, 6) is 0.116. The molecule has 6 heteroatoms. The Morgan fingerprint density at radius 3 is 2.68 bits per heavy atom. The number of halogens is 2. The summed E-state index contributed by atoms with van der Waals surface area (Å²) < 4.78 is 3.29. The number of carbonyl (C=O) groups excluding carboxylic acids is 1. The van der Waals surface area contributed by atoms with Crippen molar-refractivity contribution in [1.82, 2.24) is 0 Å². The second kappa shape index (κ2) is 5.73. The fraction of sp³-hybridized carbons (Fsp3) is 0.231.